The van der Waals surface area contributed by atoms with Crippen LogP contribution in [-0.2, 0) is 0 Å². The van der Waals surface area contributed by atoms with Crippen LogP contribution < -0.4 is 5.32 Å². The van der Waals surface area contributed by atoms with Crippen LogP contribution in [0.3, 0.4) is 0 Å². The van der Waals surface area contributed by atoms with Crippen molar-refractivity contribution >= 4 is 5.69 Å². The number of nitriles is 1. The summed E-state index contributed by atoms with van der Waals surface area (Å²) in [5.74, 6) is 0. The number of nitrogens with one attached hydrogen (secondary N) is 1. The van der Waals surface area contributed by atoms with Gasteiger partial charge in [-0.25, -0.2) is 4.68 Å². The Morgan fingerprint density at radius 3 is 3.00 bits per heavy atom. The van der Waals surface area contributed by atoms with Crippen LogP contribution in [0.4, 0.5) is 5.69 Å². The molecule has 4 heteroatoms. The summed E-state index contributed by atoms with van der Waals surface area (Å²) in [5, 5.41) is 16.4. The van der Waals surface area contributed by atoms with Crippen LogP contribution in [0.1, 0.15) is 18.9 Å². The van der Waals surface area contributed by atoms with Crippen molar-refractivity contribution in [2.45, 2.75) is 13.3 Å². The Kier molecular flexibility index (Phi) is 3.44. The minimum atomic E-state index is 0.609. The molecule has 1 heterocycles. The molecule has 0 aliphatic rings. The lowest BCUT2D eigenvalue weighted by atomic mass is 10.1. The highest BCUT2D eigenvalue weighted by molar-refractivity contribution is 5.65. The van der Waals surface area contributed by atoms with Crippen molar-refractivity contribution in [3.05, 3.63) is 54.5 Å². The number of rotatable bonds is 4. The molecule has 1 aromatic carbocycles. The lowest BCUT2D eigenvalue weighted by molar-refractivity contribution is 0.880. The molecule has 0 aliphatic heterocycles. The Labute approximate surface area is 106 Å². The van der Waals surface area contributed by atoms with E-state index in [0.29, 0.717) is 5.56 Å². The molecule has 0 spiro atoms. The van der Waals surface area contributed by atoms with Crippen LogP contribution in [0.5, 0.6) is 0 Å². The van der Waals surface area contributed by atoms with Crippen molar-refractivity contribution in [2.75, 3.05) is 5.32 Å². The monoisotopic (exact) mass is 238 g/mol. The summed E-state index contributed by atoms with van der Waals surface area (Å²) in [5.41, 5.74) is 3.24. The molecule has 1 N–H and O–H groups in total. The second kappa shape index (κ2) is 5.19. The van der Waals surface area contributed by atoms with Gasteiger partial charge in [0.15, 0.2) is 0 Å². The molecule has 0 saturated carbocycles. The normalized spacial score (nSPS) is 9.78. The van der Waals surface area contributed by atoms with E-state index in [2.05, 4.69) is 23.1 Å². The third-order valence-electron chi connectivity index (χ3n) is 2.62. The van der Waals surface area contributed by atoms with Crippen molar-refractivity contribution in [3.8, 4) is 11.8 Å². The van der Waals surface area contributed by atoms with E-state index >= 15 is 0 Å². The van der Waals surface area contributed by atoms with Gasteiger partial charge in [-0.2, -0.15) is 10.4 Å². The maximum Gasteiger partial charge on any atom is 0.0992 e. The molecule has 1 aromatic heterocycles. The number of allylic oxidation sites excluding steroid dienone is 1. The summed E-state index contributed by atoms with van der Waals surface area (Å²) in [6.45, 7) is 5.95. The Bertz CT molecular complexity index is 591. The molecule has 2 rings (SSSR count). The van der Waals surface area contributed by atoms with E-state index < -0.39 is 0 Å². The largest absolute Gasteiger partial charge is 0.358 e. The fraction of sp³-hybridized carbons (Fsp3) is 0.143. The van der Waals surface area contributed by atoms with Crippen LogP contribution in [0.25, 0.3) is 5.69 Å². The summed E-state index contributed by atoms with van der Waals surface area (Å²) in [6.07, 6.45) is 4.41. The smallest absolute Gasteiger partial charge is 0.0992 e. The van der Waals surface area contributed by atoms with Crippen LogP contribution in [0, 0.1) is 11.3 Å². The standard InChI is InChI=1S/C14H14N4/c1-3-11(2)17-13-9-12(10-15)5-6-14(13)18-8-4-7-16-18/h4-9,17H,2-3H2,1H3. The van der Waals surface area contributed by atoms with Gasteiger partial charge in [-0.1, -0.05) is 13.5 Å². The van der Waals surface area contributed by atoms with E-state index in [0.717, 1.165) is 23.5 Å². The molecule has 0 aliphatic carbocycles. The van der Waals surface area contributed by atoms with Crippen molar-refractivity contribution in [2.24, 2.45) is 0 Å². The fourth-order valence-corrected chi connectivity index (χ4v) is 1.60. The van der Waals surface area contributed by atoms with Gasteiger partial charge in [-0.05, 0) is 30.7 Å². The van der Waals surface area contributed by atoms with Crippen molar-refractivity contribution in [1.82, 2.24) is 9.78 Å². The van der Waals surface area contributed by atoms with Crippen molar-refractivity contribution in [3.63, 3.8) is 0 Å². The molecule has 0 fully saturated rings. The number of aromatic nitrogens is 2. The first-order chi connectivity index (χ1) is 8.74. The molecule has 0 saturated heterocycles. The minimum absolute atomic E-state index is 0.609. The van der Waals surface area contributed by atoms with E-state index in [-0.39, 0.29) is 0 Å². The topological polar surface area (TPSA) is 53.6 Å². The molecule has 0 atom stereocenters. The molecule has 0 radical (unpaired) electrons. The summed E-state index contributed by atoms with van der Waals surface area (Å²) in [6, 6.07) is 9.44. The predicted molar refractivity (Wildman–Crippen MR) is 71.3 cm³/mol. The summed E-state index contributed by atoms with van der Waals surface area (Å²) in [7, 11) is 0. The molecule has 0 bridgehead atoms. The molecule has 0 amide bonds. The SMILES string of the molecule is C=C(CC)Nc1cc(C#N)ccc1-n1cccn1. The third-order valence-corrected chi connectivity index (χ3v) is 2.62. The van der Waals surface area contributed by atoms with E-state index in [1.807, 2.05) is 25.3 Å². The van der Waals surface area contributed by atoms with Crippen molar-refractivity contribution < 1.29 is 0 Å². The molecular formula is C14H14N4. The van der Waals surface area contributed by atoms with Crippen molar-refractivity contribution in [1.29, 1.82) is 5.26 Å². The van der Waals surface area contributed by atoms with Crippen LogP contribution in [0.15, 0.2) is 48.9 Å². The Morgan fingerprint density at radius 2 is 2.39 bits per heavy atom. The average Bonchev–Trinajstić information content (AvgIpc) is 2.92. The third kappa shape index (κ3) is 2.41. The van der Waals surface area contributed by atoms with Gasteiger partial charge in [0.2, 0.25) is 0 Å². The average molecular weight is 238 g/mol. The maximum atomic E-state index is 8.95. The lowest BCUT2D eigenvalue weighted by Crippen LogP contribution is -2.04. The second-order valence-corrected chi connectivity index (χ2v) is 3.88. The van der Waals surface area contributed by atoms with Gasteiger partial charge in [-0.3, -0.25) is 0 Å². The maximum absolute atomic E-state index is 8.95. The minimum Gasteiger partial charge on any atom is -0.358 e. The summed E-state index contributed by atoms with van der Waals surface area (Å²) < 4.78 is 1.76. The number of hydrogen-bond acceptors (Lipinski definition) is 3. The predicted octanol–water partition coefficient (Wildman–Crippen LogP) is 3.08. The van der Waals surface area contributed by atoms with Gasteiger partial charge >= 0.3 is 0 Å². The zero-order valence-electron chi connectivity index (χ0n) is 10.2. The highest BCUT2D eigenvalue weighted by atomic mass is 15.3. The number of benzene rings is 1. The van der Waals surface area contributed by atoms with E-state index in [4.69, 9.17) is 5.26 Å². The number of hydrogen-bond donors (Lipinski definition) is 1. The Morgan fingerprint density at radius 1 is 1.56 bits per heavy atom. The van der Waals surface area contributed by atoms with Gasteiger partial charge in [0.05, 0.1) is 23.0 Å². The molecule has 18 heavy (non-hydrogen) atoms. The van der Waals surface area contributed by atoms with E-state index in [1.165, 1.54) is 0 Å². The van der Waals surface area contributed by atoms with Crippen LogP contribution in [0.2, 0.25) is 0 Å². The highest BCUT2D eigenvalue weighted by Crippen LogP contribution is 2.23. The molecule has 2 aromatic rings. The fourth-order valence-electron chi connectivity index (χ4n) is 1.60. The Balaban J connectivity index is 2.46. The van der Waals surface area contributed by atoms with E-state index in [9.17, 15) is 0 Å². The zero-order chi connectivity index (χ0) is 13.0. The van der Waals surface area contributed by atoms with Crippen LogP contribution in [-0.4, -0.2) is 9.78 Å². The van der Waals surface area contributed by atoms with Gasteiger partial charge in [-0.15, -0.1) is 0 Å². The first kappa shape index (κ1) is 11.9. The van der Waals surface area contributed by atoms with Gasteiger partial charge in [0, 0.05) is 18.1 Å². The zero-order valence-corrected chi connectivity index (χ0v) is 10.2. The van der Waals surface area contributed by atoms with E-state index in [1.54, 1.807) is 23.0 Å². The first-order valence-electron chi connectivity index (χ1n) is 5.73. The number of anilines is 1. The lowest BCUT2D eigenvalue weighted by Gasteiger charge is -2.13. The van der Waals surface area contributed by atoms with Gasteiger partial charge in [0.1, 0.15) is 0 Å². The number of nitrogens with zero attached hydrogens (tertiary/aromatic N) is 3. The molecular weight excluding hydrogens is 224 g/mol. The summed E-state index contributed by atoms with van der Waals surface area (Å²) >= 11 is 0. The Hall–Kier alpha value is -2.54. The van der Waals surface area contributed by atoms with Gasteiger partial charge in [0.25, 0.3) is 0 Å². The first-order valence-corrected chi connectivity index (χ1v) is 5.73. The van der Waals surface area contributed by atoms with Crippen LogP contribution >= 0.6 is 0 Å². The van der Waals surface area contributed by atoms with Gasteiger partial charge < -0.3 is 5.32 Å². The molecule has 4 nitrogen and oxygen atoms in total. The quantitative estimate of drug-likeness (QED) is 0.890. The molecule has 90 valence electrons. The molecule has 0 unspecified atom stereocenters. The summed E-state index contributed by atoms with van der Waals surface area (Å²) in [4.78, 5) is 0. The second-order valence-electron chi connectivity index (χ2n) is 3.88. The highest BCUT2D eigenvalue weighted by Gasteiger charge is 2.06.